The van der Waals surface area contributed by atoms with Gasteiger partial charge in [0.1, 0.15) is 0 Å². The van der Waals surface area contributed by atoms with Crippen molar-refractivity contribution in [3.63, 3.8) is 0 Å². The second-order valence-electron chi connectivity index (χ2n) is 10.1. The molecule has 1 N–H and O–H groups in total. The Bertz CT molecular complexity index is 289. The van der Waals surface area contributed by atoms with Crippen LogP contribution in [0.5, 0.6) is 0 Å². The molecule has 0 rings (SSSR count). The van der Waals surface area contributed by atoms with Crippen LogP contribution in [0.1, 0.15) is 116 Å². The predicted molar refractivity (Wildman–Crippen MR) is 134 cm³/mol. The summed E-state index contributed by atoms with van der Waals surface area (Å²) in [5.74, 6) is 0. The van der Waals surface area contributed by atoms with E-state index in [0.29, 0.717) is 0 Å². The lowest BCUT2D eigenvalue weighted by Crippen LogP contribution is -2.40. The van der Waals surface area contributed by atoms with Crippen LogP contribution in [0.15, 0.2) is 0 Å². The van der Waals surface area contributed by atoms with Crippen molar-refractivity contribution in [2.45, 2.75) is 122 Å². The second kappa shape index (κ2) is 21.8. The smallest absolute Gasteiger partial charge is 0.0907 e. The summed E-state index contributed by atoms with van der Waals surface area (Å²) in [6.45, 7) is 3.59. The summed E-state index contributed by atoms with van der Waals surface area (Å²) in [7, 11) is 8.20. The van der Waals surface area contributed by atoms with Crippen molar-refractivity contribution in [3.05, 3.63) is 0 Å². The van der Waals surface area contributed by atoms with E-state index in [-0.39, 0.29) is 0 Å². The summed E-state index contributed by atoms with van der Waals surface area (Å²) in [4.78, 5) is 0. The van der Waals surface area contributed by atoms with Crippen molar-refractivity contribution in [1.29, 1.82) is 0 Å². The minimum atomic E-state index is 1.06. The van der Waals surface area contributed by atoms with Crippen LogP contribution >= 0.6 is 0 Å². The van der Waals surface area contributed by atoms with E-state index in [0.717, 1.165) is 11.0 Å². The molecule has 2 nitrogen and oxygen atoms in total. The molecule has 0 aliphatic heterocycles. The van der Waals surface area contributed by atoms with E-state index >= 15 is 0 Å². The molecule has 0 bridgehead atoms. The van der Waals surface area contributed by atoms with Crippen molar-refractivity contribution in [1.82, 2.24) is 5.32 Å². The van der Waals surface area contributed by atoms with Gasteiger partial charge in [0.05, 0.1) is 27.7 Å². The van der Waals surface area contributed by atoms with Gasteiger partial charge in [0, 0.05) is 16.8 Å². The van der Waals surface area contributed by atoms with Gasteiger partial charge in [-0.05, 0) is 13.0 Å². The molecule has 28 heavy (non-hydrogen) atoms. The van der Waals surface area contributed by atoms with E-state index in [2.05, 4.69) is 26.5 Å². The van der Waals surface area contributed by atoms with Crippen LogP contribution in [0.25, 0.3) is 0 Å². The van der Waals surface area contributed by atoms with E-state index in [1.807, 2.05) is 0 Å². The Morgan fingerprint density at radius 2 is 0.786 bits per heavy atom. The van der Waals surface area contributed by atoms with E-state index in [1.54, 1.807) is 0 Å². The Balaban J connectivity index is 3.01. The largest absolute Gasteiger partial charge is 0.330 e. The molecular weight excluding hydrogens is 356 g/mol. The fourth-order valence-corrected chi connectivity index (χ4v) is 4.37. The first kappa shape index (κ1) is 28.1. The number of nitrogens with zero attached hydrogens (tertiary/aromatic N) is 1. The first-order valence-electron chi connectivity index (χ1n) is 13.1. The van der Waals surface area contributed by atoms with Gasteiger partial charge < -0.3 is 9.80 Å². The standard InChI is InChI=1S/C25H57N2Si/c1-27(2,3)24-23-26-22-20-18-16-14-12-10-8-6-4-5-7-9-11-13-15-17-19-21-25-28/h26H,4-25H2,1-3,28H3/q+1. The third-order valence-corrected chi connectivity index (χ3v) is 6.62. The molecule has 0 aromatic rings. The fourth-order valence-electron chi connectivity index (χ4n) is 3.87. The monoisotopic (exact) mass is 413 g/mol. The number of unbranched alkanes of at least 4 members (excludes halogenated alkanes) is 17. The first-order valence-corrected chi connectivity index (χ1v) is 14.5. The molecule has 0 fully saturated rings. The molecule has 0 aromatic carbocycles. The third-order valence-electron chi connectivity index (χ3n) is 5.92. The molecule has 3 heteroatoms. The van der Waals surface area contributed by atoms with Crippen molar-refractivity contribution >= 4 is 10.2 Å². The van der Waals surface area contributed by atoms with E-state index < -0.39 is 0 Å². The average molecular weight is 414 g/mol. The molecule has 0 spiro atoms. The van der Waals surface area contributed by atoms with Crippen LogP contribution in [0.4, 0.5) is 0 Å². The Labute approximate surface area is 182 Å². The molecule has 0 aliphatic carbocycles. The van der Waals surface area contributed by atoms with Gasteiger partial charge >= 0.3 is 0 Å². The van der Waals surface area contributed by atoms with Gasteiger partial charge in [-0.15, -0.1) is 0 Å². The summed E-state index contributed by atoms with van der Waals surface area (Å²) in [5.41, 5.74) is 0. The van der Waals surface area contributed by atoms with Crippen molar-refractivity contribution in [2.75, 3.05) is 40.8 Å². The Hall–Kier alpha value is 0.137. The van der Waals surface area contributed by atoms with Gasteiger partial charge in [0.15, 0.2) is 0 Å². The van der Waals surface area contributed by atoms with Crippen LogP contribution < -0.4 is 5.32 Å². The highest BCUT2D eigenvalue weighted by molar-refractivity contribution is 6.08. The molecular formula is C25H57N2Si+. The van der Waals surface area contributed by atoms with Crippen LogP contribution in [0.2, 0.25) is 6.04 Å². The highest BCUT2D eigenvalue weighted by Gasteiger charge is 2.04. The third kappa shape index (κ3) is 26.1. The number of likely N-dealkylation sites (N-methyl/N-ethyl adjacent to an activating group) is 1. The maximum atomic E-state index is 3.58. The van der Waals surface area contributed by atoms with Crippen molar-refractivity contribution in [2.24, 2.45) is 0 Å². The zero-order valence-electron chi connectivity index (χ0n) is 20.5. The maximum Gasteiger partial charge on any atom is 0.0907 e. The number of nitrogens with one attached hydrogen (secondary N) is 1. The normalized spacial score (nSPS) is 12.1. The molecule has 170 valence electrons. The zero-order chi connectivity index (χ0) is 20.8. The summed E-state index contributed by atoms with van der Waals surface area (Å²) < 4.78 is 1.06. The van der Waals surface area contributed by atoms with Crippen LogP contribution in [0.3, 0.4) is 0 Å². The van der Waals surface area contributed by atoms with Gasteiger partial charge in [0.25, 0.3) is 0 Å². The van der Waals surface area contributed by atoms with E-state index in [1.165, 1.54) is 145 Å². The van der Waals surface area contributed by atoms with Crippen LogP contribution in [-0.4, -0.2) is 55.5 Å². The van der Waals surface area contributed by atoms with Crippen molar-refractivity contribution in [3.8, 4) is 0 Å². The van der Waals surface area contributed by atoms with Crippen LogP contribution in [-0.2, 0) is 0 Å². The molecule has 0 saturated carbocycles. The average Bonchev–Trinajstić information content (AvgIpc) is 2.65. The minimum Gasteiger partial charge on any atom is -0.330 e. The Morgan fingerprint density at radius 1 is 0.464 bits per heavy atom. The van der Waals surface area contributed by atoms with Crippen LogP contribution in [0, 0.1) is 0 Å². The lowest BCUT2D eigenvalue weighted by atomic mass is 10.0. The van der Waals surface area contributed by atoms with E-state index in [9.17, 15) is 0 Å². The van der Waals surface area contributed by atoms with Gasteiger partial charge in [-0.2, -0.15) is 0 Å². The predicted octanol–water partition coefficient (Wildman–Crippen LogP) is 6.09. The second-order valence-corrected chi connectivity index (χ2v) is 11.1. The lowest BCUT2D eigenvalue weighted by Gasteiger charge is -2.23. The Kier molecular flexibility index (Phi) is 21.9. The summed E-state index contributed by atoms with van der Waals surface area (Å²) in [5, 5.41) is 3.58. The van der Waals surface area contributed by atoms with Gasteiger partial charge in [-0.1, -0.05) is 115 Å². The minimum absolute atomic E-state index is 1.06. The molecule has 0 amide bonds. The highest BCUT2D eigenvalue weighted by Crippen LogP contribution is 2.14. The highest BCUT2D eigenvalue weighted by atomic mass is 28.1. The summed E-state index contributed by atoms with van der Waals surface area (Å²) in [6.07, 6.45) is 26.5. The summed E-state index contributed by atoms with van der Waals surface area (Å²) in [6, 6.07) is 1.51. The molecule has 0 saturated heterocycles. The fraction of sp³-hybridized carbons (Fsp3) is 1.00. The Morgan fingerprint density at radius 3 is 1.11 bits per heavy atom. The molecule has 0 heterocycles. The number of rotatable bonds is 23. The van der Waals surface area contributed by atoms with Gasteiger partial charge in [0.2, 0.25) is 0 Å². The molecule has 0 atom stereocenters. The molecule has 0 radical (unpaired) electrons. The zero-order valence-corrected chi connectivity index (χ0v) is 22.5. The quantitative estimate of drug-likeness (QED) is 0.121. The van der Waals surface area contributed by atoms with Gasteiger partial charge in [-0.25, -0.2) is 0 Å². The molecule has 0 unspecified atom stereocenters. The van der Waals surface area contributed by atoms with Gasteiger partial charge in [-0.3, -0.25) is 0 Å². The number of quaternary nitrogens is 1. The summed E-state index contributed by atoms with van der Waals surface area (Å²) >= 11 is 0. The molecule has 0 aromatic heterocycles. The van der Waals surface area contributed by atoms with E-state index in [4.69, 9.17) is 0 Å². The lowest BCUT2D eigenvalue weighted by molar-refractivity contribution is -0.869. The first-order chi connectivity index (χ1) is 13.6. The SMILES string of the molecule is C[N+](C)(C)CCNCCCCCCCCCCCCCCCCCCCC[SiH3]. The number of hydrogen-bond acceptors (Lipinski definition) is 1. The maximum absolute atomic E-state index is 3.58. The topological polar surface area (TPSA) is 12.0 Å². The number of hydrogen-bond donors (Lipinski definition) is 1. The molecule has 0 aliphatic rings. The van der Waals surface area contributed by atoms with Crippen molar-refractivity contribution < 1.29 is 4.48 Å².